The van der Waals surface area contributed by atoms with Gasteiger partial charge in [-0.15, -0.1) is 11.3 Å². The van der Waals surface area contributed by atoms with Crippen molar-refractivity contribution in [2.75, 3.05) is 0 Å². The van der Waals surface area contributed by atoms with Crippen molar-refractivity contribution < 1.29 is 4.79 Å². The average Bonchev–Trinajstić information content (AvgIpc) is 2.67. The summed E-state index contributed by atoms with van der Waals surface area (Å²) in [6, 6.07) is 7.54. The van der Waals surface area contributed by atoms with Gasteiger partial charge in [-0.05, 0) is 58.1 Å². The highest BCUT2D eigenvalue weighted by atomic mass is 79.9. The van der Waals surface area contributed by atoms with Gasteiger partial charge in [0.25, 0.3) is 0 Å². The molecule has 0 radical (unpaired) electrons. The minimum absolute atomic E-state index is 0.0671. The van der Waals surface area contributed by atoms with Crippen molar-refractivity contribution in [2.45, 2.75) is 6.92 Å². The number of rotatable bonds is 2. The fourth-order valence-electron chi connectivity index (χ4n) is 1.37. The van der Waals surface area contributed by atoms with Crippen LogP contribution in [0, 0.1) is 6.92 Å². The second kappa shape index (κ2) is 4.82. The van der Waals surface area contributed by atoms with Gasteiger partial charge in [-0.1, -0.05) is 15.9 Å². The highest BCUT2D eigenvalue weighted by Gasteiger charge is 2.14. The number of carbonyl (C=O) groups excluding carboxylic acids is 1. The maximum atomic E-state index is 12.2. The van der Waals surface area contributed by atoms with E-state index in [1.165, 1.54) is 11.3 Å². The van der Waals surface area contributed by atoms with Crippen LogP contribution < -0.4 is 0 Å². The molecule has 1 heterocycles. The van der Waals surface area contributed by atoms with Crippen molar-refractivity contribution in [3.8, 4) is 0 Å². The minimum atomic E-state index is 0.0671. The predicted octanol–water partition coefficient (Wildman–Crippen LogP) is 4.81. The third kappa shape index (κ3) is 2.29. The van der Waals surface area contributed by atoms with Gasteiger partial charge in [-0.3, -0.25) is 4.79 Å². The van der Waals surface area contributed by atoms with E-state index in [9.17, 15) is 4.79 Å². The van der Waals surface area contributed by atoms with E-state index in [-0.39, 0.29) is 5.78 Å². The third-order valence-electron chi connectivity index (χ3n) is 2.24. The van der Waals surface area contributed by atoms with E-state index >= 15 is 0 Å². The molecule has 4 heteroatoms. The summed E-state index contributed by atoms with van der Waals surface area (Å²) in [6.07, 6.45) is 0. The first-order valence-electron chi connectivity index (χ1n) is 4.63. The maximum absolute atomic E-state index is 12.2. The molecule has 2 aromatic rings. The summed E-state index contributed by atoms with van der Waals surface area (Å²) < 4.78 is 1.89. The standard InChI is InChI=1S/C12H8Br2OS/c1-7-6-8(2-3-9(7)13)11(15)12-10(14)4-5-16-12/h2-6H,1H3. The summed E-state index contributed by atoms with van der Waals surface area (Å²) in [5, 5.41) is 1.91. The molecule has 0 aliphatic heterocycles. The van der Waals surface area contributed by atoms with Crippen LogP contribution in [0.1, 0.15) is 20.8 Å². The van der Waals surface area contributed by atoms with E-state index < -0.39 is 0 Å². The zero-order chi connectivity index (χ0) is 11.7. The van der Waals surface area contributed by atoms with Gasteiger partial charge in [0.2, 0.25) is 5.78 Å². The van der Waals surface area contributed by atoms with Crippen molar-refractivity contribution >= 4 is 49.0 Å². The Labute approximate surface area is 115 Å². The van der Waals surface area contributed by atoms with Crippen LogP contribution in [0.2, 0.25) is 0 Å². The Balaban J connectivity index is 2.42. The zero-order valence-corrected chi connectivity index (χ0v) is 12.4. The lowest BCUT2D eigenvalue weighted by Gasteiger charge is -2.02. The van der Waals surface area contributed by atoms with Crippen LogP contribution in [0.15, 0.2) is 38.6 Å². The second-order valence-electron chi connectivity index (χ2n) is 3.39. The predicted molar refractivity (Wildman–Crippen MR) is 74.3 cm³/mol. The lowest BCUT2D eigenvalue weighted by molar-refractivity contribution is 0.104. The number of aryl methyl sites for hydroxylation is 1. The van der Waals surface area contributed by atoms with Crippen molar-refractivity contribution in [3.05, 3.63) is 54.6 Å². The summed E-state index contributed by atoms with van der Waals surface area (Å²) >= 11 is 8.26. The lowest BCUT2D eigenvalue weighted by Crippen LogP contribution is -1.99. The number of halogens is 2. The van der Waals surface area contributed by atoms with E-state index in [0.29, 0.717) is 0 Å². The molecule has 0 saturated heterocycles. The molecular weight excluding hydrogens is 352 g/mol. The number of hydrogen-bond donors (Lipinski definition) is 0. The van der Waals surface area contributed by atoms with E-state index in [1.54, 1.807) is 0 Å². The minimum Gasteiger partial charge on any atom is -0.288 e. The molecule has 0 aliphatic carbocycles. The van der Waals surface area contributed by atoms with E-state index in [0.717, 1.165) is 24.9 Å². The Morgan fingerprint density at radius 2 is 1.94 bits per heavy atom. The largest absolute Gasteiger partial charge is 0.288 e. The van der Waals surface area contributed by atoms with Crippen LogP contribution in [0.5, 0.6) is 0 Å². The van der Waals surface area contributed by atoms with Crippen molar-refractivity contribution in [2.24, 2.45) is 0 Å². The number of hydrogen-bond acceptors (Lipinski definition) is 2. The van der Waals surface area contributed by atoms with Gasteiger partial charge in [0.05, 0.1) is 4.88 Å². The molecule has 0 saturated carbocycles. The summed E-state index contributed by atoms with van der Waals surface area (Å²) in [5.74, 6) is 0.0671. The van der Waals surface area contributed by atoms with Crippen LogP contribution in [0.4, 0.5) is 0 Å². The molecule has 2 rings (SSSR count). The molecular formula is C12H8Br2OS. The number of thiophene rings is 1. The van der Waals surface area contributed by atoms with Crippen LogP contribution in [-0.2, 0) is 0 Å². The molecule has 82 valence electrons. The van der Waals surface area contributed by atoms with E-state index in [4.69, 9.17) is 0 Å². The highest BCUT2D eigenvalue weighted by molar-refractivity contribution is 9.10. The summed E-state index contributed by atoms with van der Waals surface area (Å²) in [6.45, 7) is 1.98. The van der Waals surface area contributed by atoms with Crippen LogP contribution in [0.25, 0.3) is 0 Å². The topological polar surface area (TPSA) is 17.1 Å². The Bertz CT molecular complexity index is 546. The van der Waals surface area contributed by atoms with Crippen LogP contribution >= 0.6 is 43.2 Å². The molecule has 1 nitrogen and oxygen atoms in total. The first-order valence-corrected chi connectivity index (χ1v) is 7.10. The van der Waals surface area contributed by atoms with Gasteiger partial charge in [0.1, 0.15) is 0 Å². The van der Waals surface area contributed by atoms with Gasteiger partial charge in [0.15, 0.2) is 0 Å². The maximum Gasteiger partial charge on any atom is 0.204 e. The second-order valence-corrected chi connectivity index (χ2v) is 6.02. The molecule has 0 unspecified atom stereocenters. The number of ketones is 1. The fourth-order valence-corrected chi connectivity index (χ4v) is 3.13. The highest BCUT2D eigenvalue weighted by Crippen LogP contribution is 2.26. The molecule has 16 heavy (non-hydrogen) atoms. The molecule has 0 fully saturated rings. The molecule has 1 aromatic carbocycles. The average molecular weight is 360 g/mol. The summed E-state index contributed by atoms with van der Waals surface area (Å²) in [7, 11) is 0. The van der Waals surface area contributed by atoms with Gasteiger partial charge < -0.3 is 0 Å². The van der Waals surface area contributed by atoms with Gasteiger partial charge in [-0.2, -0.15) is 0 Å². The molecule has 0 bridgehead atoms. The molecule has 1 aromatic heterocycles. The SMILES string of the molecule is Cc1cc(C(=O)c2sccc2Br)ccc1Br. The van der Waals surface area contributed by atoms with Crippen molar-refractivity contribution in [1.29, 1.82) is 0 Å². The Kier molecular flexibility index (Phi) is 3.62. The summed E-state index contributed by atoms with van der Waals surface area (Å²) in [5.41, 5.74) is 1.79. The Morgan fingerprint density at radius 1 is 1.19 bits per heavy atom. The van der Waals surface area contributed by atoms with Crippen LogP contribution in [0.3, 0.4) is 0 Å². The van der Waals surface area contributed by atoms with E-state index in [1.807, 2.05) is 36.6 Å². The lowest BCUT2D eigenvalue weighted by atomic mass is 10.1. The summed E-state index contributed by atoms with van der Waals surface area (Å²) in [4.78, 5) is 12.9. The molecule has 0 aliphatic rings. The van der Waals surface area contributed by atoms with Gasteiger partial charge in [-0.25, -0.2) is 0 Å². The smallest absolute Gasteiger partial charge is 0.204 e. The normalized spacial score (nSPS) is 10.4. The van der Waals surface area contributed by atoms with Crippen molar-refractivity contribution in [1.82, 2.24) is 0 Å². The first kappa shape index (κ1) is 12.0. The zero-order valence-electron chi connectivity index (χ0n) is 8.46. The van der Waals surface area contributed by atoms with E-state index in [2.05, 4.69) is 31.9 Å². The molecule has 0 amide bonds. The van der Waals surface area contributed by atoms with Crippen molar-refractivity contribution in [3.63, 3.8) is 0 Å². The van der Waals surface area contributed by atoms with Gasteiger partial charge >= 0.3 is 0 Å². The molecule has 0 N–H and O–H groups in total. The molecule has 0 atom stereocenters. The monoisotopic (exact) mass is 358 g/mol. The Hall–Kier alpha value is -0.450. The fraction of sp³-hybridized carbons (Fsp3) is 0.0833. The van der Waals surface area contributed by atoms with Crippen LogP contribution in [-0.4, -0.2) is 5.78 Å². The molecule has 0 spiro atoms. The van der Waals surface area contributed by atoms with Gasteiger partial charge in [0, 0.05) is 14.5 Å². The number of carbonyl (C=O) groups is 1. The third-order valence-corrected chi connectivity index (χ3v) is 4.97. The number of benzene rings is 1. The Morgan fingerprint density at radius 3 is 2.50 bits per heavy atom. The first-order chi connectivity index (χ1) is 7.59. The quantitative estimate of drug-likeness (QED) is 0.703.